The van der Waals surface area contributed by atoms with Crippen LogP contribution in [0.15, 0.2) is 60.9 Å². The highest BCUT2D eigenvalue weighted by molar-refractivity contribution is 5.88. The van der Waals surface area contributed by atoms with Gasteiger partial charge in [-0.15, -0.1) is 0 Å². The maximum atomic E-state index is 13.7. The molecule has 0 bridgehead atoms. The highest BCUT2D eigenvalue weighted by Crippen LogP contribution is 2.28. The van der Waals surface area contributed by atoms with E-state index in [1.807, 2.05) is 37.5 Å². The van der Waals surface area contributed by atoms with Crippen molar-refractivity contribution in [3.8, 4) is 23.1 Å². The van der Waals surface area contributed by atoms with E-state index < -0.39 is 0 Å². The second-order valence-electron chi connectivity index (χ2n) is 6.39. The lowest BCUT2D eigenvalue weighted by atomic mass is 10.00. The van der Waals surface area contributed by atoms with Crippen molar-refractivity contribution in [2.75, 3.05) is 0 Å². The molecule has 0 saturated heterocycles. The van der Waals surface area contributed by atoms with Crippen molar-refractivity contribution in [1.82, 2.24) is 14.8 Å². The van der Waals surface area contributed by atoms with Gasteiger partial charge in [0.15, 0.2) is 0 Å². The average molecular weight is 355 g/mol. The van der Waals surface area contributed by atoms with Gasteiger partial charge in [-0.2, -0.15) is 5.10 Å². The fourth-order valence-electron chi connectivity index (χ4n) is 3.12. The Labute approximate surface area is 157 Å². The van der Waals surface area contributed by atoms with E-state index >= 15 is 0 Å². The van der Waals surface area contributed by atoms with Crippen molar-refractivity contribution >= 4 is 10.9 Å². The molecule has 0 atom stereocenters. The quantitative estimate of drug-likeness (QED) is 0.487. The van der Waals surface area contributed by atoms with Crippen molar-refractivity contribution in [3.05, 3.63) is 83.4 Å². The van der Waals surface area contributed by atoms with Crippen molar-refractivity contribution in [2.24, 2.45) is 7.05 Å². The van der Waals surface area contributed by atoms with E-state index in [1.54, 1.807) is 16.9 Å². The largest absolute Gasteiger partial charge is 0.275 e. The normalized spacial score (nSPS) is 10.6. The summed E-state index contributed by atoms with van der Waals surface area (Å²) in [5, 5.41) is 5.17. The highest BCUT2D eigenvalue weighted by Gasteiger charge is 2.10. The first-order valence-electron chi connectivity index (χ1n) is 8.83. The van der Waals surface area contributed by atoms with Gasteiger partial charge < -0.3 is 0 Å². The van der Waals surface area contributed by atoms with Crippen LogP contribution in [-0.2, 0) is 13.5 Å². The van der Waals surface area contributed by atoms with Gasteiger partial charge in [0.05, 0.1) is 28.5 Å². The Morgan fingerprint density at radius 3 is 2.67 bits per heavy atom. The zero-order valence-corrected chi connectivity index (χ0v) is 15.2. The molecule has 0 aliphatic carbocycles. The summed E-state index contributed by atoms with van der Waals surface area (Å²) in [4.78, 5) is 4.88. The van der Waals surface area contributed by atoms with Gasteiger partial charge in [0.2, 0.25) is 0 Å². The summed E-state index contributed by atoms with van der Waals surface area (Å²) < 4.78 is 15.5. The summed E-state index contributed by atoms with van der Waals surface area (Å²) in [6.07, 6.45) is 4.43. The SMILES string of the molecule is CCc1cc2cccc(C#Cc3cnn(C)c3)c2nc1-c1cccc(F)c1. The molecule has 0 spiro atoms. The summed E-state index contributed by atoms with van der Waals surface area (Å²) >= 11 is 0. The number of para-hydroxylation sites is 1. The van der Waals surface area contributed by atoms with Crippen LogP contribution in [0.3, 0.4) is 0 Å². The van der Waals surface area contributed by atoms with Crippen LogP contribution in [0.4, 0.5) is 4.39 Å². The maximum Gasteiger partial charge on any atom is 0.123 e. The van der Waals surface area contributed by atoms with Crippen molar-refractivity contribution in [3.63, 3.8) is 0 Å². The molecule has 4 aromatic rings. The predicted octanol–water partition coefficient (Wildman–Crippen LogP) is 4.74. The van der Waals surface area contributed by atoms with E-state index in [4.69, 9.17) is 4.98 Å². The standard InChI is InChI=1S/C23H18FN3/c1-3-17-12-19-7-4-6-18(11-10-16-14-25-27(2)15-16)23(19)26-22(17)20-8-5-9-21(24)13-20/h4-9,12-15H,3H2,1-2H3. The molecule has 2 aromatic heterocycles. The number of pyridine rings is 1. The molecule has 0 amide bonds. The minimum Gasteiger partial charge on any atom is -0.275 e. The third kappa shape index (κ3) is 3.45. The second-order valence-corrected chi connectivity index (χ2v) is 6.39. The summed E-state index contributed by atoms with van der Waals surface area (Å²) in [5.74, 6) is 6.08. The lowest BCUT2D eigenvalue weighted by molar-refractivity contribution is 0.628. The van der Waals surface area contributed by atoms with Crippen LogP contribution < -0.4 is 0 Å². The minimum atomic E-state index is -0.263. The second kappa shape index (κ2) is 7.05. The number of aryl methyl sites for hydroxylation is 2. The Hall–Kier alpha value is -3.45. The van der Waals surface area contributed by atoms with Crippen LogP contribution in [0.25, 0.3) is 22.2 Å². The summed E-state index contributed by atoms with van der Waals surface area (Å²) in [5.41, 5.74) is 5.20. The Morgan fingerprint density at radius 2 is 1.93 bits per heavy atom. The molecule has 4 heteroatoms. The topological polar surface area (TPSA) is 30.7 Å². The molecular weight excluding hydrogens is 337 g/mol. The van der Waals surface area contributed by atoms with E-state index in [2.05, 4.69) is 29.9 Å². The number of aromatic nitrogens is 3. The number of benzene rings is 2. The molecule has 0 radical (unpaired) electrons. The molecule has 3 nitrogen and oxygen atoms in total. The Balaban J connectivity index is 1.89. The minimum absolute atomic E-state index is 0.263. The van der Waals surface area contributed by atoms with E-state index in [1.165, 1.54) is 12.1 Å². The first kappa shape index (κ1) is 17.0. The Bertz CT molecular complexity index is 1200. The molecule has 0 unspecified atom stereocenters. The molecule has 0 aliphatic heterocycles. The molecule has 2 heterocycles. The Morgan fingerprint density at radius 1 is 1.07 bits per heavy atom. The number of fused-ring (bicyclic) bond motifs is 1. The molecule has 0 fully saturated rings. The lowest BCUT2D eigenvalue weighted by Gasteiger charge is -2.11. The first-order valence-corrected chi connectivity index (χ1v) is 8.83. The van der Waals surface area contributed by atoms with Crippen LogP contribution in [-0.4, -0.2) is 14.8 Å². The lowest BCUT2D eigenvalue weighted by Crippen LogP contribution is -1.95. The van der Waals surface area contributed by atoms with Gasteiger partial charge in [-0.1, -0.05) is 43.0 Å². The van der Waals surface area contributed by atoms with Gasteiger partial charge in [-0.3, -0.25) is 4.68 Å². The van der Waals surface area contributed by atoms with Crippen LogP contribution in [0.5, 0.6) is 0 Å². The fraction of sp³-hybridized carbons (Fsp3) is 0.130. The van der Waals surface area contributed by atoms with Gasteiger partial charge in [-0.05, 0) is 36.2 Å². The van der Waals surface area contributed by atoms with Crippen LogP contribution in [0, 0.1) is 17.7 Å². The number of hydrogen-bond donors (Lipinski definition) is 0. The smallest absolute Gasteiger partial charge is 0.123 e. The summed E-state index contributed by atoms with van der Waals surface area (Å²) in [6, 6.07) is 14.7. The first-order chi connectivity index (χ1) is 13.1. The molecule has 2 aromatic carbocycles. The molecule has 27 heavy (non-hydrogen) atoms. The number of halogens is 1. The molecule has 0 saturated carbocycles. The van der Waals surface area contributed by atoms with Gasteiger partial charge in [0, 0.05) is 24.2 Å². The number of nitrogens with zero attached hydrogens (tertiary/aromatic N) is 3. The zero-order chi connectivity index (χ0) is 18.8. The van der Waals surface area contributed by atoms with E-state index in [0.29, 0.717) is 0 Å². The van der Waals surface area contributed by atoms with Gasteiger partial charge in [0.25, 0.3) is 0 Å². The highest BCUT2D eigenvalue weighted by atomic mass is 19.1. The van der Waals surface area contributed by atoms with Crippen molar-refractivity contribution in [1.29, 1.82) is 0 Å². The maximum absolute atomic E-state index is 13.7. The van der Waals surface area contributed by atoms with E-state index in [0.717, 1.165) is 45.3 Å². The third-order valence-corrected chi connectivity index (χ3v) is 4.45. The Kier molecular flexibility index (Phi) is 4.43. The molecule has 4 rings (SSSR count). The van der Waals surface area contributed by atoms with Crippen LogP contribution in [0.1, 0.15) is 23.6 Å². The zero-order valence-electron chi connectivity index (χ0n) is 15.2. The predicted molar refractivity (Wildman–Crippen MR) is 106 cm³/mol. The monoisotopic (exact) mass is 355 g/mol. The number of hydrogen-bond acceptors (Lipinski definition) is 2. The van der Waals surface area contributed by atoms with Crippen molar-refractivity contribution < 1.29 is 4.39 Å². The van der Waals surface area contributed by atoms with Gasteiger partial charge in [-0.25, -0.2) is 9.37 Å². The van der Waals surface area contributed by atoms with Crippen LogP contribution in [0.2, 0.25) is 0 Å². The third-order valence-electron chi connectivity index (χ3n) is 4.45. The summed E-state index contributed by atoms with van der Waals surface area (Å²) in [6.45, 7) is 2.08. The summed E-state index contributed by atoms with van der Waals surface area (Å²) in [7, 11) is 1.86. The fourth-order valence-corrected chi connectivity index (χ4v) is 3.12. The van der Waals surface area contributed by atoms with Crippen molar-refractivity contribution in [2.45, 2.75) is 13.3 Å². The molecule has 132 valence electrons. The van der Waals surface area contributed by atoms with Gasteiger partial charge in [0.1, 0.15) is 5.82 Å². The van der Waals surface area contributed by atoms with Gasteiger partial charge >= 0.3 is 0 Å². The number of rotatable bonds is 2. The van der Waals surface area contributed by atoms with E-state index in [9.17, 15) is 4.39 Å². The average Bonchev–Trinajstić information content (AvgIpc) is 3.10. The van der Waals surface area contributed by atoms with Crippen LogP contribution >= 0.6 is 0 Å². The molecular formula is C23H18FN3. The molecule has 0 aliphatic rings. The molecule has 0 N–H and O–H groups in total. The van der Waals surface area contributed by atoms with E-state index in [-0.39, 0.29) is 5.82 Å².